The third kappa shape index (κ3) is 3.17. The first-order chi connectivity index (χ1) is 12.2. The zero-order valence-corrected chi connectivity index (χ0v) is 16.9. The first kappa shape index (κ1) is 18.7. The van der Waals surface area contributed by atoms with Crippen molar-refractivity contribution in [3.8, 4) is 0 Å². The standard InChI is InChI=1S/C19H20Cl2N4O/c1-10-8-15(17-11(2)23-25(5)18(17)22-10)19(26)24(4)12(3)14-7-6-13(20)9-16(14)21/h6-9,12H,1-5H3. The molecule has 3 rings (SSSR count). The number of hydrogen-bond donors (Lipinski definition) is 0. The Labute approximate surface area is 162 Å². The van der Waals surface area contributed by atoms with Crippen LogP contribution in [0.5, 0.6) is 0 Å². The molecule has 0 saturated heterocycles. The lowest BCUT2D eigenvalue weighted by Gasteiger charge is -2.26. The Bertz CT molecular complexity index is 1010. The lowest BCUT2D eigenvalue weighted by Crippen LogP contribution is -2.30. The molecule has 0 spiro atoms. The Balaban J connectivity index is 2.05. The van der Waals surface area contributed by atoms with E-state index >= 15 is 0 Å². The zero-order chi connectivity index (χ0) is 19.2. The van der Waals surface area contributed by atoms with Gasteiger partial charge in [0.05, 0.1) is 22.7 Å². The molecule has 0 aliphatic heterocycles. The van der Waals surface area contributed by atoms with Crippen molar-refractivity contribution in [1.82, 2.24) is 19.7 Å². The third-order valence-electron chi connectivity index (χ3n) is 4.64. The number of aryl methyl sites for hydroxylation is 3. The van der Waals surface area contributed by atoms with Gasteiger partial charge in [0, 0.05) is 29.8 Å². The fourth-order valence-corrected chi connectivity index (χ4v) is 3.72. The summed E-state index contributed by atoms with van der Waals surface area (Å²) in [4.78, 5) is 19.5. The van der Waals surface area contributed by atoms with Gasteiger partial charge in [0.1, 0.15) is 0 Å². The molecule has 0 bridgehead atoms. The van der Waals surface area contributed by atoms with E-state index in [-0.39, 0.29) is 11.9 Å². The van der Waals surface area contributed by atoms with Gasteiger partial charge in [-0.3, -0.25) is 9.48 Å². The van der Waals surface area contributed by atoms with Crippen molar-refractivity contribution in [3.63, 3.8) is 0 Å². The van der Waals surface area contributed by atoms with Crippen molar-refractivity contribution in [2.45, 2.75) is 26.8 Å². The summed E-state index contributed by atoms with van der Waals surface area (Å²) < 4.78 is 1.70. The molecule has 136 valence electrons. The van der Waals surface area contributed by atoms with E-state index in [1.54, 1.807) is 28.8 Å². The molecule has 3 aromatic rings. The van der Waals surface area contributed by atoms with Crippen molar-refractivity contribution >= 4 is 40.1 Å². The van der Waals surface area contributed by atoms with Crippen LogP contribution in [0.1, 0.15) is 40.3 Å². The molecule has 0 radical (unpaired) electrons. The van der Waals surface area contributed by atoms with Crippen molar-refractivity contribution in [3.05, 3.63) is 56.8 Å². The number of halogens is 2. The Morgan fingerprint density at radius 1 is 1.23 bits per heavy atom. The molecule has 2 aromatic heterocycles. The summed E-state index contributed by atoms with van der Waals surface area (Å²) in [5.74, 6) is -0.102. The summed E-state index contributed by atoms with van der Waals surface area (Å²) in [6, 6.07) is 6.91. The van der Waals surface area contributed by atoms with Gasteiger partial charge in [-0.25, -0.2) is 4.98 Å². The molecule has 1 atom stereocenters. The highest BCUT2D eigenvalue weighted by Gasteiger charge is 2.25. The van der Waals surface area contributed by atoms with Gasteiger partial charge in [0.15, 0.2) is 5.65 Å². The molecule has 0 aliphatic rings. The highest BCUT2D eigenvalue weighted by Crippen LogP contribution is 2.31. The fraction of sp³-hybridized carbons (Fsp3) is 0.316. The highest BCUT2D eigenvalue weighted by atomic mass is 35.5. The molecule has 0 saturated carbocycles. The summed E-state index contributed by atoms with van der Waals surface area (Å²) in [6.07, 6.45) is 0. The predicted molar refractivity (Wildman–Crippen MR) is 105 cm³/mol. The van der Waals surface area contributed by atoms with E-state index in [1.807, 2.05) is 40.0 Å². The average molecular weight is 391 g/mol. The lowest BCUT2D eigenvalue weighted by molar-refractivity contribution is 0.0744. The van der Waals surface area contributed by atoms with Crippen molar-refractivity contribution < 1.29 is 4.79 Å². The van der Waals surface area contributed by atoms with Crippen LogP contribution in [-0.4, -0.2) is 32.6 Å². The molecule has 1 unspecified atom stereocenters. The number of carbonyl (C=O) groups is 1. The minimum Gasteiger partial charge on any atom is -0.335 e. The molecular weight excluding hydrogens is 371 g/mol. The second-order valence-corrected chi connectivity index (χ2v) is 7.32. The van der Waals surface area contributed by atoms with Crippen LogP contribution in [0.2, 0.25) is 10.0 Å². The number of aromatic nitrogens is 3. The predicted octanol–water partition coefficient (Wildman–Crippen LogP) is 4.73. The van der Waals surface area contributed by atoms with Crippen LogP contribution in [0.4, 0.5) is 0 Å². The number of hydrogen-bond acceptors (Lipinski definition) is 3. The van der Waals surface area contributed by atoms with Gasteiger partial charge in [-0.05, 0) is 44.5 Å². The maximum Gasteiger partial charge on any atom is 0.254 e. The second kappa shape index (κ2) is 6.89. The number of nitrogens with zero attached hydrogens (tertiary/aromatic N) is 4. The number of pyridine rings is 1. The minimum atomic E-state index is -0.215. The number of fused-ring (bicyclic) bond motifs is 1. The van der Waals surface area contributed by atoms with Gasteiger partial charge in [-0.1, -0.05) is 29.3 Å². The molecule has 0 fully saturated rings. The van der Waals surface area contributed by atoms with Crippen LogP contribution in [0, 0.1) is 13.8 Å². The summed E-state index contributed by atoms with van der Waals surface area (Å²) in [7, 11) is 3.60. The molecule has 2 heterocycles. The number of carbonyl (C=O) groups excluding carboxylic acids is 1. The van der Waals surface area contributed by atoms with Crippen LogP contribution in [-0.2, 0) is 7.05 Å². The molecule has 1 amide bonds. The van der Waals surface area contributed by atoms with Crippen molar-refractivity contribution in [2.75, 3.05) is 7.05 Å². The Morgan fingerprint density at radius 3 is 2.58 bits per heavy atom. The lowest BCUT2D eigenvalue weighted by atomic mass is 10.0. The van der Waals surface area contributed by atoms with Crippen LogP contribution in [0.15, 0.2) is 24.3 Å². The zero-order valence-electron chi connectivity index (χ0n) is 15.3. The third-order valence-corrected chi connectivity index (χ3v) is 5.20. The molecule has 0 N–H and O–H groups in total. The van der Waals surface area contributed by atoms with Crippen LogP contribution >= 0.6 is 23.2 Å². The summed E-state index contributed by atoms with van der Waals surface area (Å²) in [6.45, 7) is 5.70. The van der Waals surface area contributed by atoms with Crippen LogP contribution in [0.25, 0.3) is 11.0 Å². The van der Waals surface area contributed by atoms with E-state index in [1.165, 1.54) is 0 Å². The Kier molecular flexibility index (Phi) is 4.95. The van der Waals surface area contributed by atoms with Gasteiger partial charge in [0.2, 0.25) is 0 Å². The Hall–Kier alpha value is -2.11. The topological polar surface area (TPSA) is 51.0 Å². The monoisotopic (exact) mass is 390 g/mol. The van der Waals surface area contributed by atoms with Crippen molar-refractivity contribution in [2.24, 2.45) is 7.05 Å². The quantitative estimate of drug-likeness (QED) is 0.649. The Morgan fingerprint density at radius 2 is 1.92 bits per heavy atom. The van der Waals surface area contributed by atoms with Gasteiger partial charge >= 0.3 is 0 Å². The van der Waals surface area contributed by atoms with E-state index in [0.29, 0.717) is 21.3 Å². The molecule has 1 aromatic carbocycles. The smallest absolute Gasteiger partial charge is 0.254 e. The van der Waals surface area contributed by atoms with Gasteiger partial charge in [0.25, 0.3) is 5.91 Å². The fourth-order valence-electron chi connectivity index (χ4n) is 3.15. The molecular formula is C19H20Cl2N4O. The summed E-state index contributed by atoms with van der Waals surface area (Å²) >= 11 is 12.3. The van der Waals surface area contributed by atoms with Gasteiger partial charge in [-0.15, -0.1) is 0 Å². The van der Waals surface area contributed by atoms with Crippen LogP contribution in [0.3, 0.4) is 0 Å². The molecule has 26 heavy (non-hydrogen) atoms. The summed E-state index contributed by atoms with van der Waals surface area (Å²) in [5, 5.41) is 6.30. The van der Waals surface area contributed by atoms with Crippen molar-refractivity contribution in [1.29, 1.82) is 0 Å². The van der Waals surface area contributed by atoms with Gasteiger partial charge < -0.3 is 4.90 Å². The van der Waals surface area contributed by atoms with E-state index in [4.69, 9.17) is 23.2 Å². The second-order valence-electron chi connectivity index (χ2n) is 6.48. The molecule has 5 nitrogen and oxygen atoms in total. The molecule has 0 aliphatic carbocycles. The van der Waals surface area contributed by atoms with E-state index < -0.39 is 0 Å². The first-order valence-corrected chi connectivity index (χ1v) is 8.99. The normalized spacial score (nSPS) is 12.4. The van der Waals surface area contributed by atoms with Crippen LogP contribution < -0.4 is 0 Å². The largest absolute Gasteiger partial charge is 0.335 e. The summed E-state index contributed by atoms with van der Waals surface area (Å²) in [5.41, 5.74) is 3.70. The first-order valence-electron chi connectivity index (χ1n) is 8.23. The van der Waals surface area contributed by atoms with E-state index in [0.717, 1.165) is 22.3 Å². The number of rotatable bonds is 3. The maximum absolute atomic E-state index is 13.3. The average Bonchev–Trinajstić information content (AvgIpc) is 2.86. The maximum atomic E-state index is 13.3. The highest BCUT2D eigenvalue weighted by molar-refractivity contribution is 6.35. The number of amides is 1. The number of benzene rings is 1. The minimum absolute atomic E-state index is 0.102. The molecule has 7 heteroatoms. The SMILES string of the molecule is Cc1cc(C(=O)N(C)C(C)c2ccc(Cl)cc2Cl)c2c(C)nn(C)c2n1. The van der Waals surface area contributed by atoms with E-state index in [2.05, 4.69) is 10.1 Å². The van der Waals surface area contributed by atoms with Gasteiger partial charge in [-0.2, -0.15) is 5.10 Å². The van der Waals surface area contributed by atoms with E-state index in [9.17, 15) is 4.79 Å².